The molecule has 1 saturated heterocycles. The van der Waals surface area contributed by atoms with Gasteiger partial charge in [0.1, 0.15) is 0 Å². The maximum atomic E-state index is 10.1. The zero-order valence-corrected chi connectivity index (χ0v) is 13.8. The molecule has 0 radical (unpaired) electrons. The molecule has 1 N–H and O–H groups in total. The Morgan fingerprint density at radius 1 is 1.23 bits per heavy atom. The molecule has 0 unspecified atom stereocenters. The summed E-state index contributed by atoms with van der Waals surface area (Å²) in [5.74, 6) is 1.90. The first-order chi connectivity index (χ1) is 10.5. The van der Waals surface area contributed by atoms with Gasteiger partial charge in [-0.15, -0.1) is 0 Å². The van der Waals surface area contributed by atoms with E-state index in [1.54, 1.807) is 14.2 Å². The molecular formula is C18H25NO3. The number of likely N-dealkylation sites (tertiary alicyclic amines) is 1. The first-order valence-electron chi connectivity index (χ1n) is 7.87. The van der Waals surface area contributed by atoms with E-state index >= 15 is 0 Å². The zero-order valence-electron chi connectivity index (χ0n) is 13.8. The predicted octanol–water partition coefficient (Wildman–Crippen LogP) is 2.56. The van der Waals surface area contributed by atoms with Gasteiger partial charge in [-0.05, 0) is 42.5 Å². The minimum atomic E-state index is -0.348. The first kappa shape index (κ1) is 15.2. The number of allylic oxidation sites excluding steroid dienone is 1. The highest BCUT2D eigenvalue weighted by molar-refractivity contribution is 5.50. The Balaban J connectivity index is 2.14. The Kier molecular flexibility index (Phi) is 3.81. The van der Waals surface area contributed by atoms with Gasteiger partial charge in [-0.25, -0.2) is 0 Å². The molecule has 0 spiro atoms. The lowest BCUT2D eigenvalue weighted by atomic mass is 9.64. The van der Waals surface area contributed by atoms with Gasteiger partial charge in [-0.1, -0.05) is 13.0 Å². The van der Waals surface area contributed by atoms with Gasteiger partial charge in [0.2, 0.25) is 0 Å². The number of methoxy groups -OCH3 is 2. The van der Waals surface area contributed by atoms with Crippen LogP contribution in [-0.2, 0) is 5.41 Å². The largest absolute Gasteiger partial charge is 0.493 e. The van der Waals surface area contributed by atoms with E-state index in [1.807, 2.05) is 12.1 Å². The van der Waals surface area contributed by atoms with Crippen LogP contribution in [0, 0.1) is 5.92 Å². The Morgan fingerprint density at radius 2 is 1.95 bits per heavy atom. The van der Waals surface area contributed by atoms with Crippen molar-refractivity contribution in [3.63, 3.8) is 0 Å². The van der Waals surface area contributed by atoms with Gasteiger partial charge < -0.3 is 19.5 Å². The van der Waals surface area contributed by atoms with Crippen LogP contribution in [0.4, 0.5) is 0 Å². The monoisotopic (exact) mass is 303 g/mol. The molecule has 2 aliphatic rings. The highest BCUT2D eigenvalue weighted by atomic mass is 16.5. The molecule has 22 heavy (non-hydrogen) atoms. The topological polar surface area (TPSA) is 41.9 Å². The molecule has 1 heterocycles. The van der Waals surface area contributed by atoms with Crippen LogP contribution in [0.5, 0.6) is 11.5 Å². The van der Waals surface area contributed by atoms with E-state index in [0.29, 0.717) is 5.92 Å². The number of rotatable bonds is 3. The summed E-state index contributed by atoms with van der Waals surface area (Å²) in [4.78, 5) is 2.27. The van der Waals surface area contributed by atoms with Gasteiger partial charge in [0, 0.05) is 24.7 Å². The molecule has 4 heteroatoms. The second-order valence-electron chi connectivity index (χ2n) is 6.47. The summed E-state index contributed by atoms with van der Waals surface area (Å²) in [7, 11) is 5.44. The lowest BCUT2D eigenvalue weighted by Crippen LogP contribution is -2.40. The third kappa shape index (κ3) is 2.09. The van der Waals surface area contributed by atoms with Gasteiger partial charge in [-0.2, -0.15) is 0 Å². The molecule has 0 saturated carbocycles. The van der Waals surface area contributed by atoms with Crippen LogP contribution in [0.25, 0.3) is 0 Å². The van der Waals surface area contributed by atoms with Crippen LogP contribution in [0.3, 0.4) is 0 Å². The Bertz CT molecular complexity index is 598. The predicted molar refractivity (Wildman–Crippen MR) is 86.3 cm³/mol. The molecule has 1 aromatic carbocycles. The van der Waals surface area contributed by atoms with Gasteiger partial charge in [-0.3, -0.25) is 0 Å². The van der Waals surface area contributed by atoms with Crippen LogP contribution in [0.2, 0.25) is 0 Å². The fourth-order valence-corrected chi connectivity index (χ4v) is 4.21. The molecule has 1 aliphatic heterocycles. The van der Waals surface area contributed by atoms with Crippen molar-refractivity contribution in [1.29, 1.82) is 0 Å². The van der Waals surface area contributed by atoms with E-state index in [-0.39, 0.29) is 11.5 Å². The number of benzene rings is 1. The van der Waals surface area contributed by atoms with Crippen molar-refractivity contribution in [2.75, 3.05) is 27.8 Å². The van der Waals surface area contributed by atoms with Crippen LogP contribution in [-0.4, -0.2) is 43.9 Å². The average molecular weight is 303 g/mol. The maximum Gasteiger partial charge on any atom is 0.161 e. The summed E-state index contributed by atoms with van der Waals surface area (Å²) < 4.78 is 10.9. The van der Waals surface area contributed by atoms with Crippen molar-refractivity contribution in [3.05, 3.63) is 35.5 Å². The van der Waals surface area contributed by atoms with Gasteiger partial charge in [0.25, 0.3) is 0 Å². The maximum absolute atomic E-state index is 10.1. The summed E-state index contributed by atoms with van der Waals surface area (Å²) in [5, 5.41) is 10.1. The molecule has 0 amide bonds. The fourth-order valence-electron chi connectivity index (χ4n) is 4.21. The molecule has 1 aromatic rings. The van der Waals surface area contributed by atoms with Crippen LogP contribution in [0.1, 0.15) is 25.3 Å². The van der Waals surface area contributed by atoms with Crippen LogP contribution >= 0.6 is 0 Å². The summed E-state index contributed by atoms with van der Waals surface area (Å²) in [6.45, 7) is 3.25. The minimum absolute atomic E-state index is 0.0342. The van der Waals surface area contributed by atoms with Crippen molar-refractivity contribution < 1.29 is 14.6 Å². The Morgan fingerprint density at radius 3 is 2.64 bits per heavy atom. The lowest BCUT2D eigenvalue weighted by molar-refractivity contribution is 0.144. The van der Waals surface area contributed by atoms with E-state index < -0.39 is 0 Å². The second kappa shape index (κ2) is 5.51. The quantitative estimate of drug-likeness (QED) is 0.932. The smallest absolute Gasteiger partial charge is 0.161 e. The molecule has 1 fully saturated rings. The molecule has 3 atom stereocenters. The fraction of sp³-hybridized carbons (Fsp3) is 0.556. The number of ether oxygens (including phenoxy) is 2. The Labute approximate surface area is 132 Å². The molecule has 0 bridgehead atoms. The minimum Gasteiger partial charge on any atom is -0.493 e. The van der Waals surface area contributed by atoms with E-state index in [0.717, 1.165) is 30.9 Å². The van der Waals surface area contributed by atoms with Crippen molar-refractivity contribution in [3.8, 4) is 11.5 Å². The molecular weight excluding hydrogens is 278 g/mol. The van der Waals surface area contributed by atoms with Crippen molar-refractivity contribution in [2.45, 2.75) is 31.3 Å². The van der Waals surface area contributed by atoms with Crippen molar-refractivity contribution >= 4 is 0 Å². The number of likely N-dealkylation sites (N-methyl/N-ethyl adjacent to an activating group) is 1. The van der Waals surface area contributed by atoms with E-state index in [1.165, 1.54) is 11.3 Å². The van der Waals surface area contributed by atoms with E-state index in [2.05, 4.69) is 31.0 Å². The highest BCUT2D eigenvalue weighted by Gasteiger charge is 2.49. The first-order valence-corrected chi connectivity index (χ1v) is 7.87. The number of aliphatic hydroxyl groups is 1. The van der Waals surface area contributed by atoms with Crippen LogP contribution < -0.4 is 9.47 Å². The SMILES string of the molecule is COc1ccc([C@]23CCN(C)C2=C[C@H](O)C[C@H]3C)cc1OC. The van der Waals surface area contributed by atoms with Gasteiger partial charge >= 0.3 is 0 Å². The summed E-state index contributed by atoms with van der Waals surface area (Å²) in [5.41, 5.74) is 2.46. The van der Waals surface area contributed by atoms with Gasteiger partial charge in [0.05, 0.1) is 20.3 Å². The standard InChI is InChI=1S/C18H25NO3/c1-12-9-14(20)11-17-18(12,7-8-19(17)2)13-5-6-15(21-3)16(10-13)22-4/h5-6,10-12,14,20H,7-9H2,1-4H3/t12-,14-,18-/m1/s1. The third-order valence-corrected chi connectivity index (χ3v) is 5.40. The molecule has 4 nitrogen and oxygen atoms in total. The number of fused-ring (bicyclic) bond motifs is 1. The zero-order chi connectivity index (χ0) is 15.9. The average Bonchev–Trinajstić information content (AvgIpc) is 2.85. The molecule has 120 valence electrons. The van der Waals surface area contributed by atoms with Crippen LogP contribution in [0.15, 0.2) is 30.0 Å². The van der Waals surface area contributed by atoms with Gasteiger partial charge in [0.15, 0.2) is 11.5 Å². The second-order valence-corrected chi connectivity index (χ2v) is 6.47. The Hall–Kier alpha value is -1.68. The van der Waals surface area contributed by atoms with E-state index in [4.69, 9.17) is 9.47 Å². The summed E-state index contributed by atoms with van der Waals surface area (Å²) in [6.07, 6.45) is 3.55. The summed E-state index contributed by atoms with van der Waals surface area (Å²) >= 11 is 0. The normalized spacial score (nSPS) is 30.8. The molecule has 1 aliphatic carbocycles. The number of nitrogens with zero attached hydrogens (tertiary/aromatic N) is 1. The molecule has 3 rings (SSSR count). The molecule has 0 aromatic heterocycles. The lowest BCUT2D eigenvalue weighted by Gasteiger charge is -2.42. The number of hydrogen-bond acceptors (Lipinski definition) is 4. The summed E-state index contributed by atoms with van der Waals surface area (Å²) in [6, 6.07) is 6.22. The van der Waals surface area contributed by atoms with Crippen molar-refractivity contribution in [1.82, 2.24) is 4.90 Å². The third-order valence-electron chi connectivity index (χ3n) is 5.40. The number of aliphatic hydroxyl groups excluding tert-OH is 1. The van der Waals surface area contributed by atoms with Crippen molar-refractivity contribution in [2.24, 2.45) is 5.92 Å². The number of hydrogen-bond donors (Lipinski definition) is 1. The highest BCUT2D eigenvalue weighted by Crippen LogP contribution is 2.53. The van der Waals surface area contributed by atoms with E-state index in [9.17, 15) is 5.11 Å².